The molecule has 2 heterocycles. The molecule has 0 radical (unpaired) electrons. The number of halogens is 1. The average Bonchev–Trinajstić information content (AvgIpc) is 3.04. The van der Waals surface area contributed by atoms with Crippen molar-refractivity contribution in [3.05, 3.63) is 58.5 Å². The minimum Gasteiger partial charge on any atom is -0.493 e. The monoisotopic (exact) mass is 398 g/mol. The topological polar surface area (TPSA) is 79.0 Å². The number of methoxy groups -OCH3 is 1. The van der Waals surface area contributed by atoms with E-state index in [1.54, 1.807) is 25.6 Å². The summed E-state index contributed by atoms with van der Waals surface area (Å²) in [6.45, 7) is 2.73. The van der Waals surface area contributed by atoms with Crippen molar-refractivity contribution in [2.45, 2.75) is 13.3 Å². The van der Waals surface area contributed by atoms with E-state index in [0.717, 1.165) is 35.3 Å². The number of aromatic nitrogens is 2. The number of H-pyrrole nitrogens is 1. The molecular weight excluding hydrogens is 376 g/mol. The molecule has 0 amide bonds. The molecule has 3 N–H and O–H groups in total. The minimum absolute atomic E-state index is 0.493. The van der Waals surface area contributed by atoms with E-state index in [0.29, 0.717) is 34.1 Å². The maximum absolute atomic E-state index is 12.0. The van der Waals surface area contributed by atoms with Gasteiger partial charge in [0.15, 0.2) is 12.0 Å². The molecule has 1 aromatic carbocycles. The summed E-state index contributed by atoms with van der Waals surface area (Å²) in [4.78, 5) is 19.6. The number of hydrogen-bond acceptors (Lipinski definition) is 5. The van der Waals surface area contributed by atoms with Crippen LogP contribution in [0.15, 0.2) is 36.7 Å². The average molecular weight is 399 g/mol. The second-order valence-corrected chi connectivity index (χ2v) is 6.78. The standard InChI is InChI=1S/C21H23ClN4O2/c1-13-11-24-10-7-14(13)19-20(15(12-27)17(25-19)8-9-23-2)26-18-6-4-5-16(22)21(18)28-3/h4-7,10-12,23,25-26H,8-9H2,1-3H3. The highest BCUT2D eigenvalue weighted by molar-refractivity contribution is 6.32. The first kappa shape index (κ1) is 19.9. The van der Waals surface area contributed by atoms with Gasteiger partial charge >= 0.3 is 0 Å². The zero-order valence-electron chi connectivity index (χ0n) is 16.1. The number of likely N-dealkylation sites (N-methyl/N-ethyl adjacent to an activating group) is 1. The number of pyridine rings is 1. The van der Waals surface area contributed by atoms with Gasteiger partial charge in [-0.1, -0.05) is 17.7 Å². The fourth-order valence-electron chi connectivity index (χ4n) is 3.18. The number of nitrogens with zero attached hydrogens (tertiary/aromatic N) is 1. The van der Waals surface area contributed by atoms with E-state index in [4.69, 9.17) is 16.3 Å². The molecule has 3 rings (SSSR count). The van der Waals surface area contributed by atoms with Crippen molar-refractivity contribution in [3.63, 3.8) is 0 Å². The first-order valence-corrected chi connectivity index (χ1v) is 9.33. The Morgan fingerprint density at radius 1 is 1.32 bits per heavy atom. The molecule has 0 bridgehead atoms. The van der Waals surface area contributed by atoms with Gasteiger partial charge in [-0.3, -0.25) is 9.78 Å². The molecule has 146 valence electrons. The van der Waals surface area contributed by atoms with Crippen molar-refractivity contribution in [3.8, 4) is 17.0 Å². The van der Waals surface area contributed by atoms with Gasteiger partial charge < -0.3 is 20.4 Å². The second kappa shape index (κ2) is 8.91. The molecule has 6 nitrogen and oxygen atoms in total. The van der Waals surface area contributed by atoms with Gasteiger partial charge in [0.25, 0.3) is 0 Å². The number of anilines is 2. The van der Waals surface area contributed by atoms with Crippen LogP contribution in [0, 0.1) is 6.92 Å². The third kappa shape index (κ3) is 3.88. The van der Waals surface area contributed by atoms with Crippen molar-refractivity contribution in [2.75, 3.05) is 26.0 Å². The van der Waals surface area contributed by atoms with Crippen LogP contribution < -0.4 is 15.4 Å². The molecule has 0 atom stereocenters. The number of aldehydes is 1. The summed E-state index contributed by atoms with van der Waals surface area (Å²) in [5.41, 5.74) is 5.62. The number of rotatable bonds is 8. The lowest BCUT2D eigenvalue weighted by Gasteiger charge is -2.14. The molecule has 0 aliphatic carbocycles. The summed E-state index contributed by atoms with van der Waals surface area (Å²) in [5, 5.41) is 6.97. The van der Waals surface area contributed by atoms with Crippen LogP contribution in [0.25, 0.3) is 11.3 Å². The van der Waals surface area contributed by atoms with E-state index in [1.165, 1.54) is 0 Å². The van der Waals surface area contributed by atoms with Gasteiger partial charge in [0.2, 0.25) is 0 Å². The molecule has 7 heteroatoms. The highest BCUT2D eigenvalue weighted by Crippen LogP contribution is 2.40. The van der Waals surface area contributed by atoms with Crippen LogP contribution in [0.3, 0.4) is 0 Å². The highest BCUT2D eigenvalue weighted by Gasteiger charge is 2.21. The molecule has 0 saturated carbocycles. The van der Waals surface area contributed by atoms with Crippen molar-refractivity contribution >= 4 is 29.3 Å². The molecule has 0 aliphatic rings. The Bertz CT molecular complexity index is 985. The Labute approximate surface area is 169 Å². The number of nitrogens with one attached hydrogen (secondary N) is 3. The second-order valence-electron chi connectivity index (χ2n) is 6.37. The lowest BCUT2D eigenvalue weighted by atomic mass is 10.1. The Hall–Kier alpha value is -2.83. The van der Waals surface area contributed by atoms with Crippen LogP contribution in [0.5, 0.6) is 5.75 Å². The number of carbonyl (C=O) groups excluding carboxylic acids is 1. The van der Waals surface area contributed by atoms with E-state index in [9.17, 15) is 4.79 Å². The summed E-state index contributed by atoms with van der Waals surface area (Å²) >= 11 is 6.27. The molecule has 28 heavy (non-hydrogen) atoms. The lowest BCUT2D eigenvalue weighted by Crippen LogP contribution is -2.11. The largest absolute Gasteiger partial charge is 0.493 e. The van der Waals surface area contributed by atoms with Crippen molar-refractivity contribution in [2.24, 2.45) is 0 Å². The number of aromatic amines is 1. The predicted molar refractivity (Wildman–Crippen MR) is 113 cm³/mol. The van der Waals surface area contributed by atoms with Gasteiger partial charge in [-0.15, -0.1) is 0 Å². The van der Waals surface area contributed by atoms with Crippen molar-refractivity contribution in [1.82, 2.24) is 15.3 Å². The Morgan fingerprint density at radius 2 is 2.14 bits per heavy atom. The Kier molecular flexibility index (Phi) is 6.34. The molecule has 0 fully saturated rings. The first-order chi connectivity index (χ1) is 13.6. The van der Waals surface area contributed by atoms with Gasteiger partial charge in [0.05, 0.1) is 34.8 Å². The molecule has 3 aromatic rings. The van der Waals surface area contributed by atoms with E-state index in [1.807, 2.05) is 32.2 Å². The maximum Gasteiger partial charge on any atom is 0.160 e. The first-order valence-electron chi connectivity index (χ1n) is 8.95. The number of para-hydroxylation sites is 1. The van der Waals surface area contributed by atoms with Crippen LogP contribution in [0.1, 0.15) is 21.6 Å². The molecule has 0 saturated heterocycles. The fourth-order valence-corrected chi connectivity index (χ4v) is 3.43. The molecule has 2 aromatic heterocycles. The van der Waals surface area contributed by atoms with Gasteiger partial charge in [-0.05, 0) is 37.7 Å². The highest BCUT2D eigenvalue weighted by atomic mass is 35.5. The maximum atomic E-state index is 12.0. The predicted octanol–water partition coefficient (Wildman–Crippen LogP) is 4.37. The number of benzene rings is 1. The summed E-state index contributed by atoms with van der Waals surface area (Å²) in [6.07, 6.45) is 5.10. The smallest absolute Gasteiger partial charge is 0.160 e. The molecular formula is C21H23ClN4O2. The van der Waals surface area contributed by atoms with E-state index in [2.05, 4.69) is 20.6 Å². The lowest BCUT2D eigenvalue weighted by molar-refractivity contribution is 0.112. The van der Waals surface area contributed by atoms with E-state index in [-0.39, 0.29) is 0 Å². The van der Waals surface area contributed by atoms with Crippen LogP contribution >= 0.6 is 11.6 Å². The molecule has 0 spiro atoms. The Balaban J connectivity index is 2.18. The zero-order chi connectivity index (χ0) is 20.1. The fraction of sp³-hybridized carbons (Fsp3) is 0.238. The number of carbonyl (C=O) groups is 1. The summed E-state index contributed by atoms with van der Waals surface area (Å²) < 4.78 is 5.45. The van der Waals surface area contributed by atoms with Gasteiger partial charge in [-0.2, -0.15) is 0 Å². The van der Waals surface area contributed by atoms with E-state index >= 15 is 0 Å². The summed E-state index contributed by atoms with van der Waals surface area (Å²) in [6, 6.07) is 7.38. The van der Waals surface area contributed by atoms with Gasteiger partial charge in [0, 0.05) is 36.6 Å². The third-order valence-corrected chi connectivity index (χ3v) is 4.88. The third-order valence-electron chi connectivity index (χ3n) is 4.58. The van der Waals surface area contributed by atoms with Crippen molar-refractivity contribution in [1.29, 1.82) is 0 Å². The number of ether oxygens (including phenoxy) is 1. The van der Waals surface area contributed by atoms with Crippen LogP contribution in [-0.4, -0.2) is 37.0 Å². The number of hydrogen-bond donors (Lipinski definition) is 3. The Morgan fingerprint density at radius 3 is 2.82 bits per heavy atom. The van der Waals surface area contributed by atoms with Crippen molar-refractivity contribution < 1.29 is 9.53 Å². The number of aryl methyl sites for hydroxylation is 1. The van der Waals surface area contributed by atoms with Crippen LogP contribution in [0.2, 0.25) is 5.02 Å². The molecule has 0 aliphatic heterocycles. The van der Waals surface area contributed by atoms with Crippen LogP contribution in [0.4, 0.5) is 11.4 Å². The van der Waals surface area contributed by atoms with Crippen LogP contribution in [-0.2, 0) is 6.42 Å². The summed E-state index contributed by atoms with van der Waals surface area (Å²) in [7, 11) is 3.45. The van der Waals surface area contributed by atoms with Gasteiger partial charge in [0.1, 0.15) is 0 Å². The molecule has 0 unspecified atom stereocenters. The normalized spacial score (nSPS) is 10.7. The van der Waals surface area contributed by atoms with Gasteiger partial charge in [-0.25, -0.2) is 0 Å². The minimum atomic E-state index is 0.493. The SMILES string of the molecule is CNCCc1[nH]c(-c2ccncc2C)c(Nc2cccc(Cl)c2OC)c1C=O. The summed E-state index contributed by atoms with van der Waals surface area (Å²) in [5.74, 6) is 0.524. The quantitative estimate of drug-likeness (QED) is 0.491. The zero-order valence-corrected chi connectivity index (χ0v) is 16.9. The van der Waals surface area contributed by atoms with E-state index < -0.39 is 0 Å².